The van der Waals surface area contributed by atoms with Gasteiger partial charge in [0.1, 0.15) is 12.5 Å². The summed E-state index contributed by atoms with van der Waals surface area (Å²) < 4.78 is 44.5. The highest BCUT2D eigenvalue weighted by Gasteiger charge is 2.21. The van der Waals surface area contributed by atoms with Gasteiger partial charge in [0.2, 0.25) is 4.90 Å². The molecule has 0 heterocycles. The van der Waals surface area contributed by atoms with Crippen LogP contribution in [0.5, 0.6) is 11.5 Å². The SMILES string of the molecule is COc1cccc(OC)c1[S+](C)C.[O-][Cl+3]([O-])([O-])[O-]. The van der Waals surface area contributed by atoms with Crippen molar-refractivity contribution >= 4 is 10.9 Å². The fourth-order valence-corrected chi connectivity index (χ4v) is 2.33. The molecular formula is C10H15ClO6S. The van der Waals surface area contributed by atoms with E-state index in [1.807, 2.05) is 18.2 Å². The monoisotopic (exact) mass is 298 g/mol. The molecule has 0 aliphatic rings. The van der Waals surface area contributed by atoms with Gasteiger partial charge in [0.15, 0.2) is 11.5 Å². The van der Waals surface area contributed by atoms with E-state index >= 15 is 0 Å². The zero-order valence-electron chi connectivity index (χ0n) is 10.5. The van der Waals surface area contributed by atoms with Crippen molar-refractivity contribution in [3.63, 3.8) is 0 Å². The average molecular weight is 299 g/mol. The molecule has 0 N–H and O–H groups in total. The highest BCUT2D eigenvalue weighted by atomic mass is 35.7. The van der Waals surface area contributed by atoms with Gasteiger partial charge in [-0.2, -0.15) is 0 Å². The van der Waals surface area contributed by atoms with Crippen molar-refractivity contribution in [2.75, 3.05) is 26.7 Å². The standard InChI is InChI=1S/C10H15O2S.ClHO4/c1-11-8-6-5-7-9(12-2)10(8)13(3)4;2-1(3,4)5/h5-7H,1-4H3;(H,2,3,4,5)/q+1;/p-1. The third-order valence-corrected chi connectivity index (χ3v) is 3.01. The number of rotatable bonds is 3. The summed E-state index contributed by atoms with van der Waals surface area (Å²) in [5.74, 6) is 1.82. The van der Waals surface area contributed by atoms with E-state index in [1.165, 1.54) is 0 Å². The molecule has 0 saturated carbocycles. The van der Waals surface area contributed by atoms with Gasteiger partial charge < -0.3 is 9.47 Å². The molecule has 1 aromatic rings. The van der Waals surface area contributed by atoms with Crippen LogP contribution in [0.4, 0.5) is 0 Å². The Morgan fingerprint density at radius 1 is 0.944 bits per heavy atom. The van der Waals surface area contributed by atoms with Crippen molar-refractivity contribution in [1.29, 1.82) is 0 Å². The molecule has 104 valence electrons. The Hall–Kier alpha value is -0.700. The molecule has 0 aliphatic heterocycles. The molecule has 18 heavy (non-hydrogen) atoms. The van der Waals surface area contributed by atoms with Crippen LogP contribution < -0.4 is 28.1 Å². The Balaban J connectivity index is 0.000000494. The lowest BCUT2D eigenvalue weighted by molar-refractivity contribution is -2.00. The lowest BCUT2D eigenvalue weighted by atomic mass is 10.3. The molecule has 0 saturated heterocycles. The van der Waals surface area contributed by atoms with Gasteiger partial charge in [0.05, 0.1) is 14.2 Å². The van der Waals surface area contributed by atoms with Crippen molar-refractivity contribution in [2.24, 2.45) is 0 Å². The van der Waals surface area contributed by atoms with Crippen molar-refractivity contribution in [1.82, 2.24) is 0 Å². The van der Waals surface area contributed by atoms with Gasteiger partial charge in [-0.3, -0.25) is 0 Å². The number of benzene rings is 1. The van der Waals surface area contributed by atoms with Crippen molar-refractivity contribution in [3.8, 4) is 11.5 Å². The quantitative estimate of drug-likeness (QED) is 0.557. The van der Waals surface area contributed by atoms with Crippen LogP contribution in [0.1, 0.15) is 0 Å². The van der Waals surface area contributed by atoms with E-state index in [0.717, 1.165) is 16.4 Å². The Kier molecular flexibility index (Phi) is 7.37. The van der Waals surface area contributed by atoms with E-state index in [-0.39, 0.29) is 10.9 Å². The van der Waals surface area contributed by atoms with Crippen molar-refractivity contribution in [3.05, 3.63) is 18.2 Å². The molecule has 1 rings (SSSR count). The van der Waals surface area contributed by atoms with Crippen LogP contribution in [0.3, 0.4) is 0 Å². The Labute approximate surface area is 111 Å². The van der Waals surface area contributed by atoms with Gasteiger partial charge in [0, 0.05) is 10.9 Å². The molecule has 0 aliphatic carbocycles. The topological polar surface area (TPSA) is 111 Å². The van der Waals surface area contributed by atoms with E-state index < -0.39 is 10.2 Å². The summed E-state index contributed by atoms with van der Waals surface area (Å²) in [7, 11) is -1.42. The number of halogens is 1. The second-order valence-electron chi connectivity index (χ2n) is 3.19. The second kappa shape index (κ2) is 7.67. The number of hydrogen-bond acceptors (Lipinski definition) is 6. The molecule has 8 heteroatoms. The van der Waals surface area contributed by atoms with Gasteiger partial charge in [-0.15, -0.1) is 10.2 Å². The zero-order valence-corrected chi connectivity index (χ0v) is 12.0. The minimum absolute atomic E-state index is 0.148. The maximum atomic E-state index is 8.49. The Bertz CT molecular complexity index is 338. The minimum atomic E-state index is -4.94. The van der Waals surface area contributed by atoms with Gasteiger partial charge >= 0.3 is 0 Å². The zero-order chi connectivity index (χ0) is 14.3. The first kappa shape index (κ1) is 17.3. The first-order chi connectivity index (χ1) is 8.20. The predicted octanol–water partition coefficient (Wildman–Crippen LogP) is -2.82. The van der Waals surface area contributed by atoms with E-state index in [0.29, 0.717) is 0 Å². The van der Waals surface area contributed by atoms with Crippen LogP contribution >= 0.6 is 0 Å². The van der Waals surface area contributed by atoms with Gasteiger partial charge in [-0.25, -0.2) is 18.6 Å². The molecule has 0 atom stereocenters. The summed E-state index contributed by atoms with van der Waals surface area (Å²) in [5, 5.41) is 0. The second-order valence-corrected chi connectivity index (χ2v) is 5.98. The van der Waals surface area contributed by atoms with E-state index in [4.69, 9.17) is 28.1 Å². The third-order valence-electron chi connectivity index (χ3n) is 1.79. The average Bonchev–Trinajstić information content (AvgIpc) is 2.25. The van der Waals surface area contributed by atoms with Gasteiger partial charge in [0.25, 0.3) is 0 Å². The summed E-state index contributed by atoms with van der Waals surface area (Å²) in [5.41, 5.74) is 0. The maximum Gasteiger partial charge on any atom is 0.238 e. The molecule has 0 bridgehead atoms. The smallest absolute Gasteiger partial charge is 0.238 e. The van der Waals surface area contributed by atoms with Crippen LogP contribution in [0.2, 0.25) is 0 Å². The number of ether oxygens (including phenoxy) is 2. The normalized spacial score (nSPS) is 10.7. The number of hydrogen-bond donors (Lipinski definition) is 0. The molecule has 0 fully saturated rings. The summed E-state index contributed by atoms with van der Waals surface area (Å²) >= 11 is 0. The first-order valence-corrected chi connectivity index (χ1v) is 7.88. The highest BCUT2D eigenvalue weighted by Crippen LogP contribution is 2.32. The van der Waals surface area contributed by atoms with E-state index in [1.54, 1.807) is 14.2 Å². The van der Waals surface area contributed by atoms with Gasteiger partial charge in [-0.05, 0) is 12.1 Å². The van der Waals surface area contributed by atoms with Crippen LogP contribution in [0.15, 0.2) is 23.1 Å². The van der Waals surface area contributed by atoms with Crippen LogP contribution in [0.25, 0.3) is 0 Å². The molecule has 6 nitrogen and oxygen atoms in total. The summed E-state index contributed by atoms with van der Waals surface area (Å²) in [6, 6.07) is 5.86. The molecule has 0 spiro atoms. The maximum absolute atomic E-state index is 8.49. The van der Waals surface area contributed by atoms with Crippen molar-refractivity contribution < 1.29 is 38.4 Å². The molecule has 0 aromatic heterocycles. The molecule has 0 radical (unpaired) electrons. The summed E-state index contributed by atoms with van der Waals surface area (Å²) in [6.45, 7) is 0. The Morgan fingerprint density at radius 2 is 1.28 bits per heavy atom. The lowest BCUT2D eigenvalue weighted by Crippen LogP contribution is -2.68. The molecule has 0 amide bonds. The minimum Gasteiger partial charge on any atom is -0.491 e. The molecular weight excluding hydrogens is 284 g/mol. The summed E-state index contributed by atoms with van der Waals surface area (Å²) in [6.07, 6.45) is 4.31. The third kappa shape index (κ3) is 6.90. The van der Waals surface area contributed by atoms with Crippen LogP contribution in [-0.2, 0) is 10.9 Å². The highest BCUT2D eigenvalue weighted by molar-refractivity contribution is 7.95. The molecule has 1 aromatic carbocycles. The largest absolute Gasteiger partial charge is 0.491 e. The number of methoxy groups -OCH3 is 2. The van der Waals surface area contributed by atoms with Crippen molar-refractivity contribution in [2.45, 2.75) is 4.90 Å². The Morgan fingerprint density at radius 3 is 1.50 bits per heavy atom. The fraction of sp³-hybridized carbons (Fsp3) is 0.400. The fourth-order valence-electron chi connectivity index (χ4n) is 1.22. The van der Waals surface area contributed by atoms with Crippen LogP contribution in [0, 0.1) is 10.2 Å². The first-order valence-electron chi connectivity index (χ1n) is 4.61. The van der Waals surface area contributed by atoms with E-state index in [9.17, 15) is 0 Å². The summed E-state index contributed by atoms with van der Waals surface area (Å²) in [4.78, 5) is 1.16. The molecule has 0 unspecified atom stereocenters. The predicted molar refractivity (Wildman–Crippen MR) is 57.0 cm³/mol. The van der Waals surface area contributed by atoms with Gasteiger partial charge in [-0.1, -0.05) is 6.07 Å². The van der Waals surface area contributed by atoms with Crippen LogP contribution in [-0.4, -0.2) is 26.7 Å². The van der Waals surface area contributed by atoms with E-state index in [2.05, 4.69) is 12.5 Å². The lowest BCUT2D eigenvalue weighted by Gasteiger charge is -2.17.